The molecule has 1 unspecified atom stereocenters. The zero-order chi connectivity index (χ0) is 22.3. The van der Waals surface area contributed by atoms with Crippen molar-refractivity contribution in [3.8, 4) is 0 Å². The summed E-state index contributed by atoms with van der Waals surface area (Å²) in [7, 11) is 0. The number of aromatic amines is 1. The fourth-order valence-corrected chi connectivity index (χ4v) is 4.32. The van der Waals surface area contributed by atoms with Gasteiger partial charge >= 0.3 is 6.18 Å². The minimum absolute atomic E-state index is 0.234. The Balaban J connectivity index is 1.51. The van der Waals surface area contributed by atoms with E-state index in [1.54, 1.807) is 6.92 Å². The highest BCUT2D eigenvalue weighted by Crippen LogP contribution is 2.22. The zero-order valence-electron chi connectivity index (χ0n) is 18.5. The van der Waals surface area contributed by atoms with Crippen molar-refractivity contribution in [3.05, 3.63) is 36.0 Å². The number of nitrogens with zero attached hydrogens (tertiary/aromatic N) is 3. The van der Waals surface area contributed by atoms with Crippen LogP contribution in [0.4, 0.5) is 13.2 Å². The van der Waals surface area contributed by atoms with Crippen LogP contribution < -0.4 is 5.32 Å². The van der Waals surface area contributed by atoms with Crippen molar-refractivity contribution in [2.75, 3.05) is 45.8 Å². The first-order valence-corrected chi connectivity index (χ1v) is 11.3. The topological polar surface area (TPSA) is 46.7 Å². The van der Waals surface area contributed by atoms with Gasteiger partial charge in [0.05, 0.1) is 6.54 Å². The van der Waals surface area contributed by atoms with Gasteiger partial charge in [0.25, 0.3) is 0 Å². The lowest BCUT2D eigenvalue weighted by molar-refractivity contribution is -0.146. The van der Waals surface area contributed by atoms with Gasteiger partial charge in [-0.15, -0.1) is 0 Å². The number of hydrogen-bond donors (Lipinski definition) is 2. The summed E-state index contributed by atoms with van der Waals surface area (Å²) in [6, 6.07) is 8.30. The Bertz CT molecular complexity index is 845. The van der Waals surface area contributed by atoms with E-state index < -0.39 is 12.7 Å². The van der Waals surface area contributed by atoms with Crippen LogP contribution in [0.2, 0.25) is 0 Å². The number of aliphatic imine (C=N–C) groups is 1. The summed E-state index contributed by atoms with van der Waals surface area (Å²) in [6.45, 7) is 6.97. The van der Waals surface area contributed by atoms with Crippen molar-refractivity contribution < 1.29 is 13.2 Å². The van der Waals surface area contributed by atoms with Gasteiger partial charge in [-0.2, -0.15) is 13.2 Å². The van der Waals surface area contributed by atoms with Gasteiger partial charge in [0, 0.05) is 49.8 Å². The molecule has 0 bridgehead atoms. The van der Waals surface area contributed by atoms with Crippen LogP contribution in [0.1, 0.15) is 32.3 Å². The highest BCUT2D eigenvalue weighted by atomic mass is 19.4. The highest BCUT2D eigenvalue weighted by Gasteiger charge is 2.33. The molecular formula is C23H34F3N5. The molecule has 2 heterocycles. The molecule has 172 valence electrons. The molecule has 5 nitrogen and oxygen atoms in total. The molecule has 1 aromatic heterocycles. The number of likely N-dealkylation sites (tertiary alicyclic amines) is 1. The van der Waals surface area contributed by atoms with E-state index in [2.05, 4.69) is 39.6 Å². The quantitative estimate of drug-likeness (QED) is 0.350. The van der Waals surface area contributed by atoms with E-state index in [1.807, 2.05) is 13.0 Å². The molecule has 8 heteroatoms. The summed E-state index contributed by atoms with van der Waals surface area (Å²) >= 11 is 0. The average Bonchev–Trinajstić information content (AvgIpc) is 3.36. The van der Waals surface area contributed by atoms with Crippen LogP contribution in [0, 0.1) is 5.92 Å². The van der Waals surface area contributed by atoms with Crippen molar-refractivity contribution in [3.63, 3.8) is 0 Å². The number of H-pyrrole nitrogens is 1. The first kappa shape index (κ1) is 23.4. The molecular weight excluding hydrogens is 403 g/mol. The molecule has 2 aromatic rings. The fraction of sp³-hybridized carbons (Fsp3) is 0.609. The van der Waals surface area contributed by atoms with Gasteiger partial charge in [-0.1, -0.05) is 25.1 Å². The molecule has 3 rings (SSSR count). The summed E-state index contributed by atoms with van der Waals surface area (Å²) in [6.07, 6.45) is 0.732. The fourth-order valence-electron chi connectivity index (χ4n) is 4.32. The van der Waals surface area contributed by atoms with Crippen LogP contribution in [0.15, 0.2) is 35.5 Å². The minimum atomic E-state index is -4.14. The number of aryl methyl sites for hydroxylation is 1. The van der Waals surface area contributed by atoms with Crippen LogP contribution in [-0.4, -0.2) is 72.7 Å². The Kier molecular flexibility index (Phi) is 8.23. The molecule has 0 radical (unpaired) electrons. The van der Waals surface area contributed by atoms with Gasteiger partial charge in [0.1, 0.15) is 0 Å². The molecule has 0 spiro atoms. The van der Waals surface area contributed by atoms with E-state index in [-0.39, 0.29) is 5.92 Å². The number of guanidine groups is 1. The molecule has 1 aliphatic heterocycles. The van der Waals surface area contributed by atoms with Crippen LogP contribution in [0.3, 0.4) is 0 Å². The van der Waals surface area contributed by atoms with E-state index in [4.69, 9.17) is 4.99 Å². The Morgan fingerprint density at radius 1 is 1.29 bits per heavy atom. The number of rotatable bonds is 9. The second-order valence-corrected chi connectivity index (χ2v) is 8.24. The van der Waals surface area contributed by atoms with Crippen molar-refractivity contribution >= 4 is 16.9 Å². The zero-order valence-corrected chi connectivity index (χ0v) is 18.5. The SMILES string of the molecule is CCNC(=NCCCc1c[nH]c2ccccc12)N1CCC(CN(CC)CC(F)(F)F)C1. The molecule has 0 aliphatic carbocycles. The Labute approximate surface area is 182 Å². The normalized spacial score (nSPS) is 17.8. The monoisotopic (exact) mass is 437 g/mol. The molecule has 1 fully saturated rings. The van der Waals surface area contributed by atoms with Crippen molar-refractivity contribution in [2.24, 2.45) is 10.9 Å². The molecule has 31 heavy (non-hydrogen) atoms. The van der Waals surface area contributed by atoms with E-state index >= 15 is 0 Å². The second-order valence-electron chi connectivity index (χ2n) is 8.24. The number of para-hydroxylation sites is 1. The van der Waals surface area contributed by atoms with Crippen molar-refractivity contribution in [1.29, 1.82) is 0 Å². The number of hydrogen-bond acceptors (Lipinski definition) is 2. The lowest BCUT2D eigenvalue weighted by Crippen LogP contribution is -2.42. The summed E-state index contributed by atoms with van der Waals surface area (Å²) < 4.78 is 38.2. The third-order valence-corrected chi connectivity index (χ3v) is 5.83. The molecule has 1 saturated heterocycles. The largest absolute Gasteiger partial charge is 0.401 e. The lowest BCUT2D eigenvalue weighted by atomic mass is 10.1. The second kappa shape index (κ2) is 10.9. The number of nitrogens with one attached hydrogen (secondary N) is 2. The number of alkyl halides is 3. The summed E-state index contributed by atoms with van der Waals surface area (Å²) in [5.41, 5.74) is 2.46. The van der Waals surface area contributed by atoms with E-state index in [0.717, 1.165) is 56.9 Å². The standard InChI is InChI=1S/C23H34F3N5/c1-3-27-22(28-12-7-8-19-14-29-21-10-6-5-9-20(19)21)31-13-11-18(16-31)15-30(4-2)17-23(24,25)26/h5-6,9-10,14,18,29H,3-4,7-8,11-13,15-17H2,1-2H3,(H,27,28). The third-order valence-electron chi connectivity index (χ3n) is 5.83. The maximum Gasteiger partial charge on any atom is 0.401 e. The van der Waals surface area contributed by atoms with Gasteiger partial charge in [0.15, 0.2) is 5.96 Å². The molecule has 1 aliphatic rings. The number of halogens is 3. The molecule has 1 atom stereocenters. The third kappa shape index (κ3) is 6.89. The van der Waals surface area contributed by atoms with E-state index in [9.17, 15) is 13.2 Å². The Morgan fingerprint density at radius 3 is 2.84 bits per heavy atom. The molecule has 0 saturated carbocycles. The average molecular weight is 438 g/mol. The van der Waals surface area contributed by atoms with Crippen molar-refractivity contribution in [1.82, 2.24) is 20.1 Å². The number of aromatic nitrogens is 1. The van der Waals surface area contributed by atoms with Gasteiger partial charge in [-0.3, -0.25) is 9.89 Å². The van der Waals surface area contributed by atoms with Gasteiger partial charge in [-0.05, 0) is 50.3 Å². The Hall–Kier alpha value is -2.22. The van der Waals surface area contributed by atoms with Crippen molar-refractivity contribution in [2.45, 2.75) is 39.3 Å². The van der Waals surface area contributed by atoms with Crippen LogP contribution in [-0.2, 0) is 6.42 Å². The van der Waals surface area contributed by atoms with Crippen LogP contribution >= 0.6 is 0 Å². The van der Waals surface area contributed by atoms with Crippen LogP contribution in [0.25, 0.3) is 10.9 Å². The summed E-state index contributed by atoms with van der Waals surface area (Å²) in [5.74, 6) is 1.11. The predicted molar refractivity (Wildman–Crippen MR) is 120 cm³/mol. The first-order valence-electron chi connectivity index (χ1n) is 11.3. The van der Waals surface area contributed by atoms with Gasteiger partial charge < -0.3 is 15.2 Å². The smallest absolute Gasteiger partial charge is 0.361 e. The van der Waals surface area contributed by atoms with E-state index in [0.29, 0.717) is 13.1 Å². The Morgan fingerprint density at radius 2 is 2.10 bits per heavy atom. The van der Waals surface area contributed by atoms with E-state index in [1.165, 1.54) is 15.8 Å². The maximum absolute atomic E-state index is 12.7. The summed E-state index contributed by atoms with van der Waals surface area (Å²) in [5, 5.41) is 4.61. The number of fused-ring (bicyclic) bond motifs is 1. The number of benzene rings is 1. The predicted octanol–water partition coefficient (Wildman–Crippen LogP) is 4.27. The lowest BCUT2D eigenvalue weighted by Gasteiger charge is -2.26. The maximum atomic E-state index is 12.7. The van der Waals surface area contributed by atoms with Crippen LogP contribution in [0.5, 0.6) is 0 Å². The van der Waals surface area contributed by atoms with Gasteiger partial charge in [0.2, 0.25) is 0 Å². The molecule has 2 N–H and O–H groups in total. The highest BCUT2D eigenvalue weighted by molar-refractivity contribution is 5.83. The minimum Gasteiger partial charge on any atom is -0.361 e. The summed E-state index contributed by atoms with van der Waals surface area (Å²) in [4.78, 5) is 11.8. The first-order chi connectivity index (χ1) is 14.9. The van der Waals surface area contributed by atoms with Gasteiger partial charge in [-0.25, -0.2) is 0 Å². The molecule has 0 amide bonds. The molecule has 1 aromatic carbocycles.